The van der Waals surface area contributed by atoms with Gasteiger partial charge < -0.3 is 16.4 Å². The van der Waals surface area contributed by atoms with Crippen LogP contribution in [0.15, 0.2) is 58.4 Å². The van der Waals surface area contributed by atoms with E-state index in [-0.39, 0.29) is 6.17 Å². The minimum absolute atomic E-state index is 0.269. The Morgan fingerprint density at radius 1 is 1.16 bits per heavy atom. The number of halogens is 1. The highest BCUT2D eigenvalue weighted by atomic mass is 35.5. The lowest BCUT2D eigenvalue weighted by molar-refractivity contribution is 0.587. The molecule has 2 aromatic carbocycles. The van der Waals surface area contributed by atoms with Gasteiger partial charge in [-0.3, -0.25) is 5.32 Å². The molecule has 0 saturated carbocycles. The van der Waals surface area contributed by atoms with Crippen LogP contribution in [-0.2, 0) is 9.84 Å². The van der Waals surface area contributed by atoms with E-state index in [2.05, 4.69) is 20.9 Å². The van der Waals surface area contributed by atoms with E-state index >= 15 is 0 Å². The van der Waals surface area contributed by atoms with Crippen molar-refractivity contribution in [3.05, 3.63) is 64.7 Å². The number of hydrogen-bond acceptors (Lipinski definition) is 7. The fourth-order valence-corrected chi connectivity index (χ4v) is 4.41. The second-order valence-electron chi connectivity index (χ2n) is 7.58. The topological polar surface area (TPSA) is 109 Å². The minimum Gasteiger partial charge on any atom is -0.384 e. The van der Waals surface area contributed by atoms with Crippen molar-refractivity contribution in [2.24, 2.45) is 10.7 Å². The fraction of sp³-hybridized carbons (Fsp3) is 0.318. The van der Waals surface area contributed by atoms with Crippen molar-refractivity contribution in [1.29, 1.82) is 0 Å². The zero-order chi connectivity index (χ0) is 22.6. The van der Waals surface area contributed by atoms with Crippen LogP contribution in [0, 0.1) is 6.92 Å². The Hall–Kier alpha value is -2.55. The Morgan fingerprint density at radius 3 is 2.55 bits per heavy atom. The van der Waals surface area contributed by atoms with E-state index in [0.717, 1.165) is 22.5 Å². The maximum absolute atomic E-state index is 12.2. The number of nitrogens with two attached hydrogens (primary N) is 1. The Balaban J connectivity index is 1.57. The van der Waals surface area contributed by atoms with Crippen molar-refractivity contribution >= 4 is 38.8 Å². The summed E-state index contributed by atoms with van der Waals surface area (Å²) in [4.78, 5) is 4.71. The summed E-state index contributed by atoms with van der Waals surface area (Å²) in [5.74, 6) is 0.337. The van der Waals surface area contributed by atoms with E-state index in [4.69, 9.17) is 17.3 Å². The maximum Gasteiger partial charge on any atom is 0.195 e. The quantitative estimate of drug-likeness (QED) is 0.450. The summed E-state index contributed by atoms with van der Waals surface area (Å²) in [6, 6.07) is 12.6. The number of rotatable bonds is 8. The smallest absolute Gasteiger partial charge is 0.195 e. The second kappa shape index (κ2) is 9.72. The summed E-state index contributed by atoms with van der Waals surface area (Å²) in [5.41, 5.74) is 9.63. The highest BCUT2D eigenvalue weighted by Crippen LogP contribution is 2.25. The molecule has 0 amide bonds. The Bertz CT molecular complexity index is 1100. The molecule has 7 nitrogen and oxygen atoms in total. The van der Waals surface area contributed by atoms with Crippen LogP contribution in [0.3, 0.4) is 0 Å². The van der Waals surface area contributed by atoms with E-state index < -0.39 is 15.1 Å². The zero-order valence-corrected chi connectivity index (χ0v) is 19.4. The Labute approximate surface area is 188 Å². The molecule has 1 atom stereocenters. The molecular formula is C22H28ClN5O2S. The van der Waals surface area contributed by atoms with Gasteiger partial charge in [0.15, 0.2) is 15.8 Å². The number of hydrogen-bond donors (Lipinski definition) is 4. The average Bonchev–Trinajstić information content (AvgIpc) is 2.73. The van der Waals surface area contributed by atoms with Gasteiger partial charge in [0.2, 0.25) is 0 Å². The summed E-state index contributed by atoms with van der Waals surface area (Å²) in [6.45, 7) is 6.58. The molecule has 1 unspecified atom stereocenters. The molecule has 2 aromatic rings. The van der Waals surface area contributed by atoms with E-state index in [1.165, 1.54) is 0 Å². The summed E-state index contributed by atoms with van der Waals surface area (Å²) >= 11 is 6.24. The van der Waals surface area contributed by atoms with E-state index in [1.54, 1.807) is 38.1 Å². The largest absolute Gasteiger partial charge is 0.384 e. The molecule has 9 heteroatoms. The van der Waals surface area contributed by atoms with E-state index in [0.29, 0.717) is 29.0 Å². The third-order valence-corrected chi connectivity index (χ3v) is 7.61. The number of nitrogens with zero attached hydrogens (tertiary/aromatic N) is 1. The lowest BCUT2D eigenvalue weighted by atomic mass is 10.0. The summed E-state index contributed by atoms with van der Waals surface area (Å²) < 4.78 is 24.4. The van der Waals surface area contributed by atoms with Gasteiger partial charge in [-0.05, 0) is 62.7 Å². The van der Waals surface area contributed by atoms with Gasteiger partial charge in [-0.1, -0.05) is 23.7 Å². The van der Waals surface area contributed by atoms with Crippen molar-refractivity contribution in [3.8, 4) is 0 Å². The molecule has 166 valence electrons. The molecule has 1 aliphatic rings. The van der Waals surface area contributed by atoms with Crippen LogP contribution in [0.1, 0.15) is 25.0 Å². The predicted octanol–water partition coefficient (Wildman–Crippen LogP) is 3.12. The number of guanidine groups is 1. The number of sulfone groups is 1. The standard InChI is InChI=1S/C22H28ClN5O2S/c1-14(2)31(29,30)17-9-7-16(8-10-17)25-11-12-26-21-13-20(27-22(24)28-21)18-5-4-6-19(23)15(18)3/h4-10,13-14,21,25-26H,11-12H2,1-3H3,(H3,24,27,28). The third-order valence-electron chi connectivity index (χ3n) is 5.03. The molecule has 5 N–H and O–H groups in total. The zero-order valence-electron chi connectivity index (χ0n) is 17.8. The SMILES string of the molecule is Cc1c(Cl)cccc1C1=CC(NCCNc2ccc(S(=O)(=O)C(C)C)cc2)N=C(N)N1. The first kappa shape index (κ1) is 23.1. The van der Waals surface area contributed by atoms with Crippen molar-refractivity contribution in [3.63, 3.8) is 0 Å². The molecule has 0 spiro atoms. The van der Waals surface area contributed by atoms with Crippen LogP contribution in [0.25, 0.3) is 5.70 Å². The summed E-state index contributed by atoms with van der Waals surface area (Å²) in [6.07, 6.45) is 1.70. The molecular weight excluding hydrogens is 434 g/mol. The lowest BCUT2D eigenvalue weighted by Crippen LogP contribution is -2.41. The Kier molecular flexibility index (Phi) is 7.25. The highest BCUT2D eigenvalue weighted by molar-refractivity contribution is 7.92. The third kappa shape index (κ3) is 5.58. The number of aliphatic imine (C=N–C) groups is 1. The fourth-order valence-electron chi connectivity index (χ4n) is 3.18. The first-order valence-electron chi connectivity index (χ1n) is 10.1. The molecule has 31 heavy (non-hydrogen) atoms. The first-order chi connectivity index (χ1) is 14.7. The molecule has 1 heterocycles. The molecule has 0 aromatic heterocycles. The van der Waals surface area contributed by atoms with Gasteiger partial charge in [0, 0.05) is 35.1 Å². The van der Waals surface area contributed by atoms with E-state index in [1.807, 2.05) is 31.2 Å². The number of nitrogens with one attached hydrogen (secondary N) is 3. The van der Waals surface area contributed by atoms with Gasteiger partial charge in [0.25, 0.3) is 0 Å². The highest BCUT2D eigenvalue weighted by Gasteiger charge is 2.19. The normalized spacial score (nSPS) is 16.5. The van der Waals surface area contributed by atoms with Crippen molar-refractivity contribution in [2.75, 3.05) is 18.4 Å². The van der Waals surface area contributed by atoms with Crippen LogP contribution in [0.5, 0.6) is 0 Å². The molecule has 0 radical (unpaired) electrons. The average molecular weight is 462 g/mol. The lowest BCUT2D eigenvalue weighted by Gasteiger charge is -2.22. The minimum atomic E-state index is -3.26. The second-order valence-corrected chi connectivity index (χ2v) is 10.5. The van der Waals surface area contributed by atoms with Gasteiger partial charge in [0.1, 0.15) is 6.17 Å². The van der Waals surface area contributed by atoms with E-state index in [9.17, 15) is 8.42 Å². The monoisotopic (exact) mass is 461 g/mol. The van der Waals surface area contributed by atoms with Crippen LogP contribution in [0.4, 0.5) is 5.69 Å². The van der Waals surface area contributed by atoms with Gasteiger partial charge in [-0.25, -0.2) is 13.4 Å². The van der Waals surface area contributed by atoms with Gasteiger partial charge >= 0.3 is 0 Å². The molecule has 1 aliphatic heterocycles. The van der Waals surface area contributed by atoms with Gasteiger partial charge in [0.05, 0.1) is 10.1 Å². The molecule has 0 aliphatic carbocycles. The van der Waals surface area contributed by atoms with Crippen LogP contribution < -0.4 is 21.7 Å². The number of benzene rings is 2. The molecule has 0 fully saturated rings. The van der Waals surface area contributed by atoms with Crippen LogP contribution >= 0.6 is 11.6 Å². The van der Waals surface area contributed by atoms with Gasteiger partial charge in [-0.2, -0.15) is 0 Å². The maximum atomic E-state index is 12.2. The summed E-state index contributed by atoms with van der Waals surface area (Å²) in [7, 11) is -3.26. The first-order valence-corrected chi connectivity index (χ1v) is 12.0. The predicted molar refractivity (Wildman–Crippen MR) is 128 cm³/mol. The van der Waals surface area contributed by atoms with Gasteiger partial charge in [-0.15, -0.1) is 0 Å². The van der Waals surface area contributed by atoms with Crippen LogP contribution in [-0.4, -0.2) is 38.9 Å². The molecule has 0 saturated heterocycles. The van der Waals surface area contributed by atoms with Crippen molar-refractivity contribution in [1.82, 2.24) is 10.6 Å². The molecule has 0 bridgehead atoms. The van der Waals surface area contributed by atoms with Crippen molar-refractivity contribution < 1.29 is 8.42 Å². The van der Waals surface area contributed by atoms with Crippen molar-refractivity contribution in [2.45, 2.75) is 37.1 Å². The summed E-state index contributed by atoms with van der Waals surface area (Å²) in [5, 5.41) is 9.96. The molecule has 3 rings (SSSR count). The Morgan fingerprint density at radius 2 is 1.87 bits per heavy atom. The van der Waals surface area contributed by atoms with Crippen LogP contribution in [0.2, 0.25) is 5.02 Å². The number of anilines is 1.